The van der Waals surface area contributed by atoms with Crippen molar-refractivity contribution in [2.45, 2.75) is 382 Å². The molecule has 19 heteroatoms. The predicted octanol–water partition coefficient (Wildman–Crippen LogP) is 20.9. The van der Waals surface area contributed by atoms with E-state index in [1.165, 1.54) is 161 Å². The van der Waals surface area contributed by atoms with Crippen LogP contribution in [0.4, 0.5) is 0 Å². The highest BCUT2D eigenvalue weighted by molar-refractivity contribution is 7.47. The van der Waals surface area contributed by atoms with Crippen LogP contribution >= 0.6 is 15.6 Å². The first-order valence-electron chi connectivity index (χ1n) is 37.7. The molecule has 0 aliphatic carbocycles. The van der Waals surface area contributed by atoms with Crippen LogP contribution < -0.4 is 0 Å². The Morgan fingerprint density at radius 2 is 0.522 bits per heavy atom. The van der Waals surface area contributed by atoms with Crippen LogP contribution in [-0.2, 0) is 65.4 Å². The molecule has 0 fully saturated rings. The summed E-state index contributed by atoms with van der Waals surface area (Å²) in [6, 6.07) is 0. The molecule has 0 aromatic carbocycles. The zero-order valence-electron chi connectivity index (χ0n) is 60.2. The van der Waals surface area contributed by atoms with Crippen molar-refractivity contribution >= 4 is 39.5 Å². The van der Waals surface area contributed by atoms with Crippen molar-refractivity contribution in [3.63, 3.8) is 0 Å². The fourth-order valence-corrected chi connectivity index (χ4v) is 12.6. The van der Waals surface area contributed by atoms with Crippen molar-refractivity contribution < 1.29 is 80.2 Å². The maximum absolute atomic E-state index is 13.0. The number of phosphoric acid groups is 2. The van der Waals surface area contributed by atoms with E-state index in [1.54, 1.807) is 0 Å². The molecule has 92 heavy (non-hydrogen) atoms. The van der Waals surface area contributed by atoms with E-state index >= 15 is 0 Å². The molecule has 0 heterocycles. The van der Waals surface area contributed by atoms with E-state index in [0.717, 1.165) is 120 Å². The number of phosphoric ester groups is 2. The van der Waals surface area contributed by atoms with Gasteiger partial charge in [-0.2, -0.15) is 0 Å². The number of unbranched alkanes of at least 4 members (excludes halogenated alkanes) is 35. The Hall–Kier alpha value is -1.94. The lowest BCUT2D eigenvalue weighted by Gasteiger charge is -2.21. The van der Waals surface area contributed by atoms with Gasteiger partial charge in [-0.1, -0.05) is 312 Å². The van der Waals surface area contributed by atoms with Crippen LogP contribution in [-0.4, -0.2) is 96.7 Å². The summed E-state index contributed by atoms with van der Waals surface area (Å²) in [7, 11) is -9.91. The number of esters is 4. The molecule has 17 nitrogen and oxygen atoms in total. The lowest BCUT2D eigenvalue weighted by molar-refractivity contribution is -0.161. The summed E-state index contributed by atoms with van der Waals surface area (Å²) in [4.78, 5) is 72.7. The van der Waals surface area contributed by atoms with Gasteiger partial charge in [0.15, 0.2) is 12.2 Å². The number of hydrogen-bond donors (Lipinski definition) is 3. The number of aliphatic hydroxyl groups is 1. The molecule has 3 N–H and O–H groups in total. The molecular formula is C73H142O17P2. The van der Waals surface area contributed by atoms with E-state index in [1.807, 2.05) is 0 Å². The number of carbonyl (C=O) groups excluding carboxylic acids is 4. The molecule has 0 bridgehead atoms. The second kappa shape index (κ2) is 62.6. The number of aliphatic hydroxyl groups excluding tert-OH is 1. The average molecular weight is 1350 g/mol. The second-order valence-corrected chi connectivity index (χ2v) is 30.9. The molecule has 0 radical (unpaired) electrons. The van der Waals surface area contributed by atoms with Crippen molar-refractivity contribution in [2.75, 3.05) is 39.6 Å². The van der Waals surface area contributed by atoms with Gasteiger partial charge in [0.2, 0.25) is 0 Å². The minimum atomic E-state index is -4.95. The topological polar surface area (TPSA) is 237 Å². The minimum absolute atomic E-state index is 0.105. The molecule has 0 spiro atoms. The third-order valence-corrected chi connectivity index (χ3v) is 19.1. The van der Waals surface area contributed by atoms with Gasteiger partial charge >= 0.3 is 39.5 Å². The number of carbonyl (C=O) groups is 4. The lowest BCUT2D eigenvalue weighted by Crippen LogP contribution is -2.30. The maximum Gasteiger partial charge on any atom is 0.472 e. The Labute approximate surface area is 562 Å². The van der Waals surface area contributed by atoms with E-state index in [0.29, 0.717) is 25.7 Å². The quantitative estimate of drug-likeness (QED) is 0.0222. The SMILES string of the molecule is CCC(C)CCCCCCCCC(=O)OC[C@H](COP(=O)(O)OC[C@H](O)COP(=O)(O)OC[C@@H](COC(=O)CCCCCCCCCCCCCCCC(C)C)OC(=O)CCCCCCCCCCCC(C)C)OC(=O)CCCCCCCCCCCCCC(C)C. The Balaban J connectivity index is 5.25. The first-order valence-corrected chi connectivity index (χ1v) is 40.7. The molecule has 0 amide bonds. The second-order valence-electron chi connectivity index (χ2n) is 28.0. The Bertz CT molecular complexity index is 1820. The number of ether oxygens (including phenoxy) is 4. The van der Waals surface area contributed by atoms with Crippen molar-refractivity contribution in [1.82, 2.24) is 0 Å². The molecule has 0 aromatic rings. The maximum atomic E-state index is 13.0. The molecule has 546 valence electrons. The highest BCUT2D eigenvalue weighted by Crippen LogP contribution is 2.45. The highest BCUT2D eigenvalue weighted by atomic mass is 31.2. The van der Waals surface area contributed by atoms with Crippen molar-refractivity contribution in [2.24, 2.45) is 23.7 Å². The predicted molar refractivity (Wildman–Crippen MR) is 372 cm³/mol. The molecule has 0 aliphatic rings. The highest BCUT2D eigenvalue weighted by Gasteiger charge is 2.30. The van der Waals surface area contributed by atoms with E-state index < -0.39 is 97.5 Å². The minimum Gasteiger partial charge on any atom is -0.462 e. The Morgan fingerprint density at radius 1 is 0.304 bits per heavy atom. The Kier molecular flexibility index (Phi) is 61.3. The summed E-state index contributed by atoms with van der Waals surface area (Å²) in [5.74, 6) is 0.898. The molecule has 0 aromatic heterocycles. The largest absolute Gasteiger partial charge is 0.472 e. The molecule has 3 unspecified atom stereocenters. The summed E-state index contributed by atoms with van der Waals surface area (Å²) in [6.45, 7) is 14.1. The van der Waals surface area contributed by atoms with Gasteiger partial charge in [0.25, 0.3) is 0 Å². The van der Waals surface area contributed by atoms with Crippen molar-refractivity contribution in [1.29, 1.82) is 0 Å². The van der Waals surface area contributed by atoms with Gasteiger partial charge in [0.05, 0.1) is 26.4 Å². The molecule has 0 saturated carbocycles. The van der Waals surface area contributed by atoms with Gasteiger partial charge in [-0.05, 0) is 49.4 Å². The first kappa shape index (κ1) is 90.1. The summed E-state index contributed by atoms with van der Waals surface area (Å²) in [5, 5.41) is 10.6. The van der Waals surface area contributed by atoms with Crippen LogP contribution in [0.3, 0.4) is 0 Å². The van der Waals surface area contributed by atoms with Gasteiger partial charge in [0, 0.05) is 25.7 Å². The molecule has 6 atom stereocenters. The van der Waals surface area contributed by atoms with E-state index in [4.69, 9.17) is 37.0 Å². The fourth-order valence-electron chi connectivity index (χ4n) is 11.0. The van der Waals surface area contributed by atoms with Gasteiger partial charge in [0.1, 0.15) is 19.3 Å². The summed E-state index contributed by atoms with van der Waals surface area (Å²) in [6.07, 6.45) is 45.8. The van der Waals surface area contributed by atoms with Gasteiger partial charge in [-0.3, -0.25) is 37.3 Å². The van der Waals surface area contributed by atoms with Crippen molar-refractivity contribution in [3.8, 4) is 0 Å². The molecule has 0 saturated heterocycles. The van der Waals surface area contributed by atoms with E-state index in [-0.39, 0.29) is 25.7 Å². The van der Waals surface area contributed by atoms with Gasteiger partial charge < -0.3 is 33.8 Å². The fraction of sp³-hybridized carbons (Fsp3) is 0.945. The summed E-state index contributed by atoms with van der Waals surface area (Å²) >= 11 is 0. The van der Waals surface area contributed by atoms with Gasteiger partial charge in [-0.25, -0.2) is 9.13 Å². The molecule has 0 aliphatic heterocycles. The summed E-state index contributed by atoms with van der Waals surface area (Å²) in [5.41, 5.74) is 0. The third-order valence-electron chi connectivity index (χ3n) is 17.2. The van der Waals surface area contributed by atoms with E-state index in [2.05, 4.69) is 55.4 Å². The Morgan fingerprint density at radius 3 is 0.772 bits per heavy atom. The smallest absolute Gasteiger partial charge is 0.462 e. The third kappa shape index (κ3) is 65.4. The van der Waals surface area contributed by atoms with Crippen LogP contribution in [0.5, 0.6) is 0 Å². The monoisotopic (exact) mass is 1350 g/mol. The number of hydrogen-bond acceptors (Lipinski definition) is 15. The normalized spacial score (nSPS) is 14.5. The first-order chi connectivity index (χ1) is 44.1. The number of rotatable bonds is 70. The van der Waals surface area contributed by atoms with Gasteiger partial charge in [-0.15, -0.1) is 0 Å². The van der Waals surface area contributed by atoms with Crippen LogP contribution in [0.2, 0.25) is 0 Å². The van der Waals surface area contributed by atoms with Crippen LogP contribution in [0.25, 0.3) is 0 Å². The lowest BCUT2D eigenvalue weighted by atomic mass is 10.00. The van der Waals surface area contributed by atoms with Crippen LogP contribution in [0, 0.1) is 23.7 Å². The molecular weight excluding hydrogens is 1210 g/mol. The van der Waals surface area contributed by atoms with E-state index in [9.17, 15) is 43.2 Å². The summed E-state index contributed by atoms with van der Waals surface area (Å²) < 4.78 is 68.4. The van der Waals surface area contributed by atoms with Crippen molar-refractivity contribution in [3.05, 3.63) is 0 Å². The van der Waals surface area contributed by atoms with Crippen LogP contribution in [0.1, 0.15) is 364 Å². The van der Waals surface area contributed by atoms with Crippen LogP contribution in [0.15, 0.2) is 0 Å². The standard InChI is InChI=1S/C73H142O17P2/c1-9-66(8)52-44-36-31-32-38-46-54-71(76)84-60-69(90-72(77)55-47-39-29-23-17-13-15-20-26-34-42-50-64(4)5)62-88-92(81,82)86-58-67(74)57-85-91(79,80)87-61-68(89-73(78)56-48-40-30-24-18-21-27-35-43-51-65(6)7)59-83-70(75)53-45-37-28-22-16-12-10-11-14-19-25-33-41-49-63(2)3/h63-69,74H,9-62H2,1-8H3,(H,79,80)(H,81,82)/t66?,67-,68-,69-/m1/s1. The zero-order valence-corrected chi connectivity index (χ0v) is 62.0. The zero-order chi connectivity index (χ0) is 68.2. The average Bonchev–Trinajstić information content (AvgIpc) is 2.71. The molecule has 0 rings (SSSR count).